The third-order valence-corrected chi connectivity index (χ3v) is 2.80. The van der Waals surface area contributed by atoms with Gasteiger partial charge < -0.3 is 5.11 Å². The number of nitrogens with one attached hydrogen (secondary N) is 1. The minimum absolute atomic E-state index is 0.0509. The van der Waals surface area contributed by atoms with Gasteiger partial charge in [-0.25, -0.2) is 0 Å². The maximum Gasteiger partial charge on any atom is 0.257 e. The number of aliphatic hydroxyl groups excluding tert-OH is 1. The van der Waals surface area contributed by atoms with Crippen molar-refractivity contribution in [2.75, 3.05) is 11.9 Å². The van der Waals surface area contributed by atoms with Crippen molar-refractivity contribution < 1.29 is 9.90 Å². The molecule has 2 aromatic rings. The summed E-state index contributed by atoms with van der Waals surface area (Å²) < 4.78 is 0. The third kappa shape index (κ3) is 3.88. The summed E-state index contributed by atoms with van der Waals surface area (Å²) in [6, 6.07) is 6.91. The van der Waals surface area contributed by atoms with Crippen LogP contribution in [0, 0.1) is 11.8 Å². The quantitative estimate of drug-likeness (QED) is 0.831. The lowest BCUT2D eigenvalue weighted by Gasteiger charge is -2.00. The second kappa shape index (κ2) is 6.64. The minimum atomic E-state index is -0.230. The number of anilines is 1. The van der Waals surface area contributed by atoms with Crippen LogP contribution in [0.2, 0.25) is 0 Å². The molecule has 0 atom stereocenters. The molecule has 0 radical (unpaired) electrons. The molecule has 0 saturated carbocycles. The lowest BCUT2D eigenvalue weighted by atomic mass is 10.1. The summed E-state index contributed by atoms with van der Waals surface area (Å²) in [6.45, 7) is 0.0509. The van der Waals surface area contributed by atoms with Crippen molar-refractivity contribution in [3.8, 4) is 11.8 Å². The molecule has 0 aliphatic rings. The maximum absolute atomic E-state index is 11.8. The fraction of sp³-hybridized carbons (Fsp3) is 0.154. The van der Waals surface area contributed by atoms with E-state index in [0.29, 0.717) is 17.1 Å². The zero-order chi connectivity index (χ0) is 13.5. The summed E-state index contributed by atoms with van der Waals surface area (Å²) in [5.41, 5.74) is 2.89. The lowest BCUT2D eigenvalue weighted by molar-refractivity contribution is 0.102. The normalized spacial score (nSPS) is 9.53. The molecular weight excluding hydrogens is 262 g/mol. The first kappa shape index (κ1) is 13.2. The van der Waals surface area contributed by atoms with E-state index in [1.165, 1.54) is 11.3 Å². The van der Waals surface area contributed by atoms with Gasteiger partial charge in [-0.05, 0) is 24.3 Å². The van der Waals surface area contributed by atoms with Crippen molar-refractivity contribution in [1.82, 2.24) is 10.2 Å². The Morgan fingerprint density at radius 3 is 2.79 bits per heavy atom. The molecule has 5 nitrogen and oxygen atoms in total. The summed E-state index contributed by atoms with van der Waals surface area (Å²) in [6.07, 6.45) is 0.444. The van der Waals surface area contributed by atoms with E-state index in [9.17, 15) is 4.79 Å². The molecule has 1 heterocycles. The van der Waals surface area contributed by atoms with Crippen molar-refractivity contribution in [3.05, 3.63) is 40.9 Å². The Labute approximate surface area is 114 Å². The van der Waals surface area contributed by atoms with Crippen LogP contribution in [0.4, 0.5) is 5.13 Å². The van der Waals surface area contributed by atoms with E-state index < -0.39 is 0 Å². The summed E-state index contributed by atoms with van der Waals surface area (Å²) in [4.78, 5) is 11.8. The van der Waals surface area contributed by atoms with Crippen molar-refractivity contribution in [1.29, 1.82) is 0 Å². The monoisotopic (exact) mass is 273 g/mol. The highest BCUT2D eigenvalue weighted by Gasteiger charge is 2.07. The Morgan fingerprint density at radius 1 is 1.37 bits per heavy atom. The summed E-state index contributed by atoms with van der Waals surface area (Å²) in [5.74, 6) is 5.48. The van der Waals surface area contributed by atoms with Gasteiger partial charge in [0.05, 0.1) is 6.61 Å². The predicted molar refractivity (Wildman–Crippen MR) is 72.9 cm³/mol. The van der Waals surface area contributed by atoms with E-state index in [4.69, 9.17) is 5.11 Å². The smallest absolute Gasteiger partial charge is 0.257 e. The van der Waals surface area contributed by atoms with Gasteiger partial charge in [-0.1, -0.05) is 23.2 Å². The molecule has 1 aromatic heterocycles. The molecule has 1 aromatic carbocycles. The number of rotatable bonds is 3. The van der Waals surface area contributed by atoms with Crippen molar-refractivity contribution in [2.24, 2.45) is 0 Å². The first-order chi connectivity index (χ1) is 9.29. The summed E-state index contributed by atoms with van der Waals surface area (Å²) >= 11 is 1.26. The van der Waals surface area contributed by atoms with E-state index in [1.807, 2.05) is 0 Å². The van der Waals surface area contributed by atoms with E-state index in [2.05, 4.69) is 27.4 Å². The molecule has 1 amide bonds. The Hall–Kier alpha value is -2.23. The summed E-state index contributed by atoms with van der Waals surface area (Å²) in [5, 5.41) is 19.1. The highest BCUT2D eigenvalue weighted by atomic mass is 32.1. The van der Waals surface area contributed by atoms with Crippen LogP contribution in [0.15, 0.2) is 29.8 Å². The van der Waals surface area contributed by atoms with Crippen LogP contribution in [-0.4, -0.2) is 27.8 Å². The van der Waals surface area contributed by atoms with Crippen LogP contribution in [0.1, 0.15) is 22.3 Å². The Kier molecular flexibility index (Phi) is 4.61. The van der Waals surface area contributed by atoms with Crippen molar-refractivity contribution >= 4 is 22.4 Å². The Bertz CT molecular complexity index is 597. The standard InChI is InChI=1S/C13H11N3O2S/c17-8-2-1-3-10-4-6-11(7-5-10)12(18)15-13-16-14-9-19-13/h4-7,9,17H,2,8H2,(H,15,16,18). The fourth-order valence-corrected chi connectivity index (χ4v) is 1.76. The van der Waals surface area contributed by atoms with Gasteiger partial charge in [0.1, 0.15) is 5.51 Å². The molecule has 96 valence electrons. The van der Waals surface area contributed by atoms with Gasteiger partial charge in [0.25, 0.3) is 5.91 Å². The molecule has 0 saturated heterocycles. The van der Waals surface area contributed by atoms with Crippen LogP contribution in [0.5, 0.6) is 0 Å². The number of benzene rings is 1. The van der Waals surface area contributed by atoms with Gasteiger partial charge in [-0.2, -0.15) is 0 Å². The molecule has 19 heavy (non-hydrogen) atoms. The van der Waals surface area contributed by atoms with E-state index in [0.717, 1.165) is 5.56 Å². The largest absolute Gasteiger partial charge is 0.395 e. The molecule has 0 unspecified atom stereocenters. The zero-order valence-corrected chi connectivity index (χ0v) is 10.8. The first-order valence-corrected chi connectivity index (χ1v) is 6.45. The lowest BCUT2D eigenvalue weighted by Crippen LogP contribution is -2.11. The highest BCUT2D eigenvalue weighted by Crippen LogP contribution is 2.11. The first-order valence-electron chi connectivity index (χ1n) is 5.57. The number of aliphatic hydroxyl groups is 1. The third-order valence-electron chi connectivity index (χ3n) is 2.20. The van der Waals surface area contributed by atoms with Gasteiger partial charge in [-0.15, -0.1) is 10.2 Å². The molecule has 0 fully saturated rings. The SMILES string of the molecule is O=C(Nc1nncs1)c1ccc(C#CCCO)cc1. The number of carbonyl (C=O) groups excluding carboxylic acids is 1. The zero-order valence-electron chi connectivity index (χ0n) is 9.96. The minimum Gasteiger partial charge on any atom is -0.395 e. The maximum atomic E-state index is 11.8. The highest BCUT2D eigenvalue weighted by molar-refractivity contribution is 7.13. The second-order valence-corrected chi connectivity index (χ2v) is 4.38. The van der Waals surface area contributed by atoms with E-state index in [-0.39, 0.29) is 12.5 Å². The number of aromatic nitrogens is 2. The summed E-state index contributed by atoms with van der Waals surface area (Å²) in [7, 11) is 0. The van der Waals surface area contributed by atoms with Crippen LogP contribution < -0.4 is 5.32 Å². The van der Waals surface area contributed by atoms with Gasteiger partial charge in [0.15, 0.2) is 0 Å². The van der Waals surface area contributed by atoms with Gasteiger partial charge >= 0.3 is 0 Å². The molecule has 0 aliphatic carbocycles. The number of hydrogen-bond acceptors (Lipinski definition) is 5. The van der Waals surface area contributed by atoms with E-state index in [1.54, 1.807) is 29.8 Å². The topological polar surface area (TPSA) is 75.1 Å². The molecular formula is C13H11N3O2S. The van der Waals surface area contributed by atoms with Crippen molar-refractivity contribution in [3.63, 3.8) is 0 Å². The van der Waals surface area contributed by atoms with Crippen LogP contribution in [-0.2, 0) is 0 Å². The average molecular weight is 273 g/mol. The molecule has 0 aliphatic heterocycles. The van der Waals surface area contributed by atoms with E-state index >= 15 is 0 Å². The molecule has 0 spiro atoms. The van der Waals surface area contributed by atoms with Crippen LogP contribution in [0.25, 0.3) is 0 Å². The number of hydrogen-bond donors (Lipinski definition) is 2. The van der Waals surface area contributed by atoms with Crippen molar-refractivity contribution in [2.45, 2.75) is 6.42 Å². The van der Waals surface area contributed by atoms with Gasteiger partial charge in [-0.3, -0.25) is 10.1 Å². The Morgan fingerprint density at radius 2 is 2.16 bits per heavy atom. The number of carbonyl (C=O) groups is 1. The average Bonchev–Trinajstić information content (AvgIpc) is 2.93. The fourth-order valence-electron chi connectivity index (χ4n) is 1.32. The van der Waals surface area contributed by atoms with Crippen LogP contribution >= 0.6 is 11.3 Å². The molecule has 2 rings (SSSR count). The molecule has 2 N–H and O–H groups in total. The molecule has 0 bridgehead atoms. The van der Waals surface area contributed by atoms with Gasteiger partial charge in [0, 0.05) is 17.5 Å². The number of amides is 1. The second-order valence-electron chi connectivity index (χ2n) is 3.55. The predicted octanol–water partition coefficient (Wildman–Crippen LogP) is 1.52. The Balaban J connectivity index is 2.02. The number of nitrogens with zero attached hydrogens (tertiary/aromatic N) is 2. The van der Waals surface area contributed by atoms with Gasteiger partial charge in [0.2, 0.25) is 5.13 Å². The molecule has 6 heteroatoms. The van der Waals surface area contributed by atoms with Crippen LogP contribution in [0.3, 0.4) is 0 Å².